The number of nitrogens with one attached hydrogen (secondary N) is 1. The zero-order chi connectivity index (χ0) is 11.4. The van der Waals surface area contributed by atoms with Crippen molar-refractivity contribution in [3.63, 3.8) is 0 Å². The molecule has 0 aliphatic carbocycles. The van der Waals surface area contributed by atoms with Crippen molar-refractivity contribution >= 4 is 44.2 Å². The maximum atomic E-state index is 4.60. The lowest BCUT2D eigenvalue weighted by Crippen LogP contribution is -2.35. The number of aliphatic imine (C=N–C) groups is 1. The van der Waals surface area contributed by atoms with E-state index < -0.39 is 0 Å². The summed E-state index contributed by atoms with van der Waals surface area (Å²) in [5.41, 5.74) is 0. The Labute approximate surface area is 113 Å². The Kier molecular flexibility index (Phi) is 4.73. The summed E-state index contributed by atoms with van der Waals surface area (Å²) in [7, 11) is 0. The van der Waals surface area contributed by atoms with E-state index in [1.54, 1.807) is 11.3 Å². The number of thioether (sulfide) groups is 1. The minimum atomic E-state index is 0.580. The van der Waals surface area contributed by atoms with Crippen molar-refractivity contribution < 1.29 is 0 Å². The molecule has 1 aliphatic rings. The van der Waals surface area contributed by atoms with Crippen LogP contribution in [0.15, 0.2) is 20.9 Å². The molecule has 1 atom stereocenters. The van der Waals surface area contributed by atoms with Crippen molar-refractivity contribution in [2.75, 3.05) is 12.3 Å². The van der Waals surface area contributed by atoms with Crippen molar-refractivity contribution in [2.24, 2.45) is 4.99 Å². The second kappa shape index (κ2) is 6.07. The molecule has 0 amide bonds. The van der Waals surface area contributed by atoms with Gasteiger partial charge in [0.25, 0.3) is 0 Å². The third kappa shape index (κ3) is 3.79. The zero-order valence-electron chi connectivity index (χ0n) is 9.20. The van der Waals surface area contributed by atoms with Crippen LogP contribution < -0.4 is 5.32 Å². The summed E-state index contributed by atoms with van der Waals surface area (Å²) in [6.07, 6.45) is 2.28. The lowest BCUT2D eigenvalue weighted by molar-refractivity contribution is 0.642. The van der Waals surface area contributed by atoms with Gasteiger partial charge in [-0.25, -0.2) is 0 Å². The molecular weight excluding hydrogens is 304 g/mol. The highest BCUT2D eigenvalue weighted by Crippen LogP contribution is 2.22. The van der Waals surface area contributed by atoms with Crippen molar-refractivity contribution in [1.29, 1.82) is 0 Å². The highest BCUT2D eigenvalue weighted by Gasteiger charge is 2.12. The molecule has 5 heteroatoms. The molecule has 88 valence electrons. The number of rotatable bonds is 3. The topological polar surface area (TPSA) is 24.4 Å². The first-order valence-corrected chi connectivity index (χ1v) is 8.01. The van der Waals surface area contributed by atoms with Gasteiger partial charge in [0, 0.05) is 29.6 Å². The third-order valence-electron chi connectivity index (χ3n) is 2.40. The summed E-state index contributed by atoms with van der Waals surface area (Å²) in [5, 5.41) is 4.53. The van der Waals surface area contributed by atoms with Crippen LogP contribution in [0, 0.1) is 0 Å². The Bertz CT molecular complexity index is 376. The zero-order valence-corrected chi connectivity index (χ0v) is 12.4. The van der Waals surface area contributed by atoms with Crippen molar-refractivity contribution in [3.05, 3.63) is 20.8 Å². The van der Waals surface area contributed by atoms with E-state index in [4.69, 9.17) is 0 Å². The Morgan fingerprint density at radius 1 is 1.56 bits per heavy atom. The summed E-state index contributed by atoms with van der Waals surface area (Å²) in [5.74, 6) is 1.19. The van der Waals surface area contributed by atoms with Gasteiger partial charge in [0.1, 0.15) is 0 Å². The molecule has 0 saturated carbocycles. The monoisotopic (exact) mass is 318 g/mol. The number of hydrogen-bond acceptors (Lipinski definition) is 3. The van der Waals surface area contributed by atoms with E-state index in [0.29, 0.717) is 6.04 Å². The first-order valence-electron chi connectivity index (χ1n) is 5.42. The fourth-order valence-corrected chi connectivity index (χ4v) is 4.11. The predicted molar refractivity (Wildman–Crippen MR) is 77.7 cm³/mol. The molecule has 0 bridgehead atoms. The number of hydrogen-bond donors (Lipinski definition) is 1. The largest absolute Gasteiger partial charge is 0.362 e. The highest BCUT2D eigenvalue weighted by molar-refractivity contribution is 9.11. The highest BCUT2D eigenvalue weighted by atomic mass is 79.9. The fourth-order valence-electron chi connectivity index (χ4n) is 1.50. The molecule has 1 aromatic rings. The molecule has 1 aliphatic heterocycles. The van der Waals surface area contributed by atoms with Crippen LogP contribution in [-0.4, -0.2) is 23.5 Å². The number of nitrogens with zero attached hydrogens (tertiary/aromatic N) is 1. The van der Waals surface area contributed by atoms with Gasteiger partial charge in [0.05, 0.1) is 3.79 Å². The lowest BCUT2D eigenvalue weighted by Gasteiger charge is -2.21. The van der Waals surface area contributed by atoms with Crippen LogP contribution in [0.5, 0.6) is 0 Å². The molecule has 0 aromatic carbocycles. The smallest absolute Gasteiger partial charge is 0.156 e. The van der Waals surface area contributed by atoms with Crippen LogP contribution in [0.2, 0.25) is 0 Å². The second-order valence-corrected chi connectivity index (χ2v) is 7.46. The normalized spacial score (nSPS) is 23.4. The van der Waals surface area contributed by atoms with Crippen LogP contribution in [-0.2, 0) is 6.42 Å². The van der Waals surface area contributed by atoms with Crippen molar-refractivity contribution in [3.8, 4) is 0 Å². The van der Waals surface area contributed by atoms with E-state index in [1.165, 1.54) is 20.8 Å². The number of halogens is 1. The third-order valence-corrected chi connectivity index (χ3v) is 5.05. The Hall–Kier alpha value is -0.0000000000000000278. The molecule has 16 heavy (non-hydrogen) atoms. The number of amidine groups is 1. The van der Waals surface area contributed by atoms with Crippen LogP contribution in [0.25, 0.3) is 0 Å². The molecule has 1 unspecified atom stereocenters. The van der Waals surface area contributed by atoms with E-state index in [1.807, 2.05) is 11.8 Å². The molecule has 1 N–H and O–H groups in total. The van der Waals surface area contributed by atoms with Crippen LogP contribution in [0.1, 0.15) is 18.2 Å². The molecule has 1 fully saturated rings. The van der Waals surface area contributed by atoms with Gasteiger partial charge in [0.2, 0.25) is 0 Å². The van der Waals surface area contributed by atoms with Crippen molar-refractivity contribution in [1.82, 2.24) is 5.32 Å². The van der Waals surface area contributed by atoms with Gasteiger partial charge in [0.15, 0.2) is 5.17 Å². The maximum Gasteiger partial charge on any atom is 0.156 e. The van der Waals surface area contributed by atoms with Crippen molar-refractivity contribution in [2.45, 2.75) is 25.8 Å². The Morgan fingerprint density at radius 3 is 3.12 bits per heavy atom. The van der Waals surface area contributed by atoms with Gasteiger partial charge in [-0.3, -0.25) is 4.99 Å². The molecule has 2 nitrogen and oxygen atoms in total. The van der Waals surface area contributed by atoms with Crippen LogP contribution in [0.3, 0.4) is 0 Å². The molecule has 0 spiro atoms. The molecular formula is C11H15BrN2S2. The summed E-state index contributed by atoms with van der Waals surface area (Å²) in [6.45, 7) is 3.10. The van der Waals surface area contributed by atoms with Gasteiger partial charge in [-0.1, -0.05) is 11.8 Å². The fraction of sp³-hybridized carbons (Fsp3) is 0.545. The number of thiophene rings is 1. The predicted octanol–water partition coefficient (Wildman–Crippen LogP) is 3.52. The van der Waals surface area contributed by atoms with E-state index in [9.17, 15) is 0 Å². The summed E-state index contributed by atoms with van der Waals surface area (Å²) >= 11 is 7.11. The molecule has 0 radical (unpaired) electrons. The van der Waals surface area contributed by atoms with E-state index >= 15 is 0 Å². The minimum Gasteiger partial charge on any atom is -0.362 e. The molecule has 1 saturated heterocycles. The van der Waals surface area contributed by atoms with Crippen LogP contribution >= 0.6 is 39.0 Å². The van der Waals surface area contributed by atoms with E-state index in [0.717, 1.165) is 18.1 Å². The van der Waals surface area contributed by atoms with Gasteiger partial charge in [-0.05, 0) is 41.4 Å². The van der Waals surface area contributed by atoms with Gasteiger partial charge < -0.3 is 5.32 Å². The first kappa shape index (κ1) is 12.5. The SMILES string of the molecule is CC1CCSC(=NCCc2ccc(Br)s2)N1. The van der Waals surface area contributed by atoms with Gasteiger partial charge in [-0.15, -0.1) is 11.3 Å². The van der Waals surface area contributed by atoms with E-state index in [2.05, 4.69) is 45.3 Å². The maximum absolute atomic E-state index is 4.60. The first-order chi connectivity index (χ1) is 7.74. The summed E-state index contributed by atoms with van der Waals surface area (Å²) in [6, 6.07) is 4.85. The molecule has 1 aromatic heterocycles. The lowest BCUT2D eigenvalue weighted by atomic mass is 10.3. The average molecular weight is 319 g/mol. The quantitative estimate of drug-likeness (QED) is 0.922. The van der Waals surface area contributed by atoms with Gasteiger partial charge in [-0.2, -0.15) is 0 Å². The summed E-state index contributed by atoms with van der Waals surface area (Å²) < 4.78 is 1.20. The molecule has 2 heterocycles. The minimum absolute atomic E-state index is 0.580. The molecule has 2 rings (SSSR count). The van der Waals surface area contributed by atoms with E-state index in [-0.39, 0.29) is 0 Å². The average Bonchev–Trinajstić information content (AvgIpc) is 2.64. The van der Waals surface area contributed by atoms with Crippen LogP contribution in [0.4, 0.5) is 0 Å². The standard InChI is InChI=1S/C11H15BrN2S2/c1-8-5-7-15-11(14-8)13-6-4-9-2-3-10(12)16-9/h2-3,8H,4-7H2,1H3,(H,13,14). The summed E-state index contributed by atoms with van der Waals surface area (Å²) in [4.78, 5) is 5.99. The van der Waals surface area contributed by atoms with Gasteiger partial charge >= 0.3 is 0 Å². The Morgan fingerprint density at radius 2 is 2.44 bits per heavy atom. The Balaban J connectivity index is 1.80. The second-order valence-electron chi connectivity index (χ2n) is 3.83.